The van der Waals surface area contributed by atoms with E-state index in [0.717, 1.165) is 55.6 Å². The summed E-state index contributed by atoms with van der Waals surface area (Å²) in [6.45, 7) is 13.6. The molecule has 5 heteroatoms. The molecule has 0 unspecified atom stereocenters. The number of oxazole rings is 1. The average Bonchev–Trinajstić information content (AvgIpc) is 3.07. The predicted molar refractivity (Wildman–Crippen MR) is 90.5 cm³/mol. The number of aromatic nitrogens is 3. The van der Waals surface area contributed by atoms with E-state index < -0.39 is 0 Å². The summed E-state index contributed by atoms with van der Waals surface area (Å²) in [5.41, 5.74) is 3.33. The fourth-order valence-corrected chi connectivity index (χ4v) is 3.09. The van der Waals surface area contributed by atoms with E-state index in [2.05, 4.69) is 54.5 Å². The molecule has 2 aromatic rings. The molecule has 3 heterocycles. The number of likely N-dealkylation sites (tertiary alicyclic amines) is 1. The van der Waals surface area contributed by atoms with Crippen LogP contribution in [-0.2, 0) is 12.0 Å². The van der Waals surface area contributed by atoms with Gasteiger partial charge in [0.2, 0.25) is 0 Å². The summed E-state index contributed by atoms with van der Waals surface area (Å²) < 4.78 is 5.62. The Morgan fingerprint density at radius 1 is 1.22 bits per heavy atom. The summed E-state index contributed by atoms with van der Waals surface area (Å²) in [5, 5.41) is 0. The highest BCUT2D eigenvalue weighted by Crippen LogP contribution is 2.28. The Morgan fingerprint density at radius 3 is 2.43 bits per heavy atom. The lowest BCUT2D eigenvalue weighted by atomic mass is 9.96. The van der Waals surface area contributed by atoms with Gasteiger partial charge in [-0.3, -0.25) is 4.90 Å². The molecule has 23 heavy (non-hydrogen) atoms. The third-order valence-electron chi connectivity index (χ3n) is 4.70. The number of nitrogens with zero attached hydrogens (tertiary/aromatic N) is 3. The third-order valence-corrected chi connectivity index (χ3v) is 4.70. The summed E-state index contributed by atoms with van der Waals surface area (Å²) in [6.07, 6.45) is 4.11. The number of piperidine rings is 1. The van der Waals surface area contributed by atoms with Crippen LogP contribution in [0.5, 0.6) is 0 Å². The van der Waals surface area contributed by atoms with E-state index in [-0.39, 0.29) is 5.41 Å². The standard InChI is InChI=1S/C18H28N4O/c1-12-13(2)20-16(19-12)14-6-8-22(9-7-14)10-15-11-23-17(21-15)18(3,4)5/h11,14H,6-10H2,1-5H3,(H,19,20). The van der Waals surface area contributed by atoms with E-state index in [1.54, 1.807) is 0 Å². The number of nitrogens with one attached hydrogen (secondary N) is 1. The van der Waals surface area contributed by atoms with Crippen molar-refractivity contribution in [3.05, 3.63) is 35.1 Å². The van der Waals surface area contributed by atoms with Gasteiger partial charge in [0.05, 0.1) is 11.4 Å². The van der Waals surface area contributed by atoms with Gasteiger partial charge in [0.1, 0.15) is 12.1 Å². The quantitative estimate of drug-likeness (QED) is 0.938. The van der Waals surface area contributed by atoms with E-state index in [9.17, 15) is 0 Å². The maximum atomic E-state index is 5.62. The Labute approximate surface area is 138 Å². The van der Waals surface area contributed by atoms with E-state index in [4.69, 9.17) is 4.42 Å². The van der Waals surface area contributed by atoms with Crippen LogP contribution in [0.4, 0.5) is 0 Å². The molecule has 1 N–H and O–H groups in total. The van der Waals surface area contributed by atoms with Crippen LogP contribution in [0.1, 0.15) is 68.3 Å². The summed E-state index contributed by atoms with van der Waals surface area (Å²) >= 11 is 0. The first kappa shape index (κ1) is 16.2. The highest BCUT2D eigenvalue weighted by atomic mass is 16.3. The summed E-state index contributed by atoms with van der Waals surface area (Å²) in [5.74, 6) is 2.54. The fraction of sp³-hybridized carbons (Fsp3) is 0.667. The van der Waals surface area contributed by atoms with E-state index in [1.807, 2.05) is 6.26 Å². The summed E-state index contributed by atoms with van der Waals surface area (Å²) in [6, 6.07) is 0. The number of imidazole rings is 1. The molecule has 0 bridgehead atoms. The molecular weight excluding hydrogens is 288 g/mol. The van der Waals surface area contributed by atoms with E-state index in [1.165, 1.54) is 5.69 Å². The van der Waals surface area contributed by atoms with Crippen LogP contribution < -0.4 is 0 Å². The number of rotatable bonds is 3. The van der Waals surface area contributed by atoms with Gasteiger partial charge in [-0.1, -0.05) is 20.8 Å². The zero-order valence-electron chi connectivity index (χ0n) is 14.9. The Morgan fingerprint density at radius 2 is 1.91 bits per heavy atom. The highest BCUT2D eigenvalue weighted by molar-refractivity contribution is 5.14. The van der Waals surface area contributed by atoms with Crippen LogP contribution in [0.25, 0.3) is 0 Å². The first-order valence-electron chi connectivity index (χ1n) is 8.53. The lowest BCUT2D eigenvalue weighted by Crippen LogP contribution is -2.33. The minimum absolute atomic E-state index is 0.0275. The minimum atomic E-state index is -0.0275. The van der Waals surface area contributed by atoms with Crippen LogP contribution in [-0.4, -0.2) is 32.9 Å². The van der Waals surface area contributed by atoms with Gasteiger partial charge in [-0.05, 0) is 39.8 Å². The van der Waals surface area contributed by atoms with Crippen molar-refractivity contribution in [3.8, 4) is 0 Å². The lowest BCUT2D eigenvalue weighted by Gasteiger charge is -2.30. The molecule has 0 saturated carbocycles. The van der Waals surface area contributed by atoms with Crippen LogP contribution >= 0.6 is 0 Å². The van der Waals surface area contributed by atoms with Crippen molar-refractivity contribution in [1.82, 2.24) is 19.9 Å². The van der Waals surface area contributed by atoms with E-state index >= 15 is 0 Å². The smallest absolute Gasteiger partial charge is 0.199 e. The summed E-state index contributed by atoms with van der Waals surface area (Å²) in [7, 11) is 0. The predicted octanol–water partition coefficient (Wildman–Crippen LogP) is 3.69. The Bertz CT molecular complexity index is 637. The molecule has 126 valence electrons. The topological polar surface area (TPSA) is 58.0 Å². The van der Waals surface area contributed by atoms with Gasteiger partial charge in [0.15, 0.2) is 5.89 Å². The summed E-state index contributed by atoms with van der Waals surface area (Å²) in [4.78, 5) is 15.2. The van der Waals surface area contributed by atoms with Crippen molar-refractivity contribution in [2.24, 2.45) is 0 Å². The van der Waals surface area contributed by atoms with Crippen molar-refractivity contribution in [1.29, 1.82) is 0 Å². The largest absolute Gasteiger partial charge is 0.448 e. The van der Waals surface area contributed by atoms with Crippen molar-refractivity contribution >= 4 is 0 Å². The molecule has 1 fully saturated rings. The van der Waals surface area contributed by atoms with Crippen LogP contribution in [0.3, 0.4) is 0 Å². The molecule has 1 aliphatic rings. The van der Waals surface area contributed by atoms with Gasteiger partial charge < -0.3 is 9.40 Å². The molecule has 0 atom stereocenters. The maximum Gasteiger partial charge on any atom is 0.199 e. The number of H-pyrrole nitrogens is 1. The van der Waals surface area contributed by atoms with E-state index in [0.29, 0.717) is 5.92 Å². The Balaban J connectivity index is 1.56. The van der Waals surface area contributed by atoms with Gasteiger partial charge in [0.25, 0.3) is 0 Å². The second-order valence-corrected chi connectivity index (χ2v) is 7.78. The van der Waals surface area contributed by atoms with Crippen LogP contribution in [0, 0.1) is 13.8 Å². The molecule has 5 nitrogen and oxygen atoms in total. The first-order chi connectivity index (χ1) is 10.8. The Kier molecular flexibility index (Phi) is 4.32. The maximum absolute atomic E-state index is 5.62. The molecule has 1 aliphatic heterocycles. The number of aromatic amines is 1. The lowest BCUT2D eigenvalue weighted by molar-refractivity contribution is 0.200. The van der Waals surface area contributed by atoms with Crippen LogP contribution in [0.2, 0.25) is 0 Å². The van der Waals surface area contributed by atoms with Gasteiger partial charge in [-0.25, -0.2) is 9.97 Å². The molecule has 3 rings (SSSR count). The van der Waals surface area contributed by atoms with Gasteiger partial charge in [0, 0.05) is 23.6 Å². The number of hydrogen-bond acceptors (Lipinski definition) is 4. The molecule has 0 spiro atoms. The van der Waals surface area contributed by atoms with Crippen molar-refractivity contribution in [2.75, 3.05) is 13.1 Å². The second kappa shape index (κ2) is 6.11. The molecule has 0 radical (unpaired) electrons. The van der Waals surface area contributed by atoms with Gasteiger partial charge in [-0.15, -0.1) is 0 Å². The zero-order chi connectivity index (χ0) is 16.6. The number of hydrogen-bond donors (Lipinski definition) is 1. The normalized spacial score (nSPS) is 17.8. The van der Waals surface area contributed by atoms with Gasteiger partial charge in [-0.2, -0.15) is 0 Å². The fourth-order valence-electron chi connectivity index (χ4n) is 3.09. The minimum Gasteiger partial charge on any atom is -0.448 e. The van der Waals surface area contributed by atoms with Gasteiger partial charge >= 0.3 is 0 Å². The zero-order valence-corrected chi connectivity index (χ0v) is 14.9. The molecule has 0 aromatic carbocycles. The van der Waals surface area contributed by atoms with Crippen molar-refractivity contribution < 1.29 is 4.42 Å². The molecule has 1 saturated heterocycles. The highest BCUT2D eigenvalue weighted by Gasteiger charge is 2.25. The molecule has 0 amide bonds. The monoisotopic (exact) mass is 316 g/mol. The second-order valence-electron chi connectivity index (χ2n) is 7.78. The van der Waals surface area contributed by atoms with Crippen molar-refractivity contribution in [2.45, 2.75) is 65.3 Å². The van der Waals surface area contributed by atoms with Crippen molar-refractivity contribution in [3.63, 3.8) is 0 Å². The molecule has 0 aliphatic carbocycles. The first-order valence-corrected chi connectivity index (χ1v) is 8.53. The molecule has 2 aromatic heterocycles. The Hall–Kier alpha value is -1.62. The average molecular weight is 316 g/mol. The molecular formula is C18H28N4O. The SMILES string of the molecule is Cc1nc(C2CCN(Cc3coc(C(C)(C)C)n3)CC2)[nH]c1C. The third kappa shape index (κ3) is 3.66. The van der Waals surface area contributed by atoms with Crippen LogP contribution in [0.15, 0.2) is 10.7 Å². The number of aryl methyl sites for hydroxylation is 2.